The number of amides is 1. The number of carbonyl (C=O) groups is 1. The maximum atomic E-state index is 13.4. The summed E-state index contributed by atoms with van der Waals surface area (Å²) in [6.45, 7) is 6.56. The van der Waals surface area contributed by atoms with Crippen molar-refractivity contribution in [3.8, 4) is 0 Å². The Balaban J connectivity index is 1.74. The monoisotopic (exact) mass is 450 g/mol. The molecule has 3 aromatic rings. The SMILES string of the molecule is CC(C)(C)c1ccc([C@@H]2C=C(Nc3cccc(Cl)c3)C(=O)N2c2cccc(Cl)c2)cc1. The number of hydrogen-bond donors (Lipinski definition) is 1. The van der Waals surface area contributed by atoms with Gasteiger partial charge in [0, 0.05) is 21.4 Å². The van der Waals surface area contributed by atoms with E-state index in [-0.39, 0.29) is 17.4 Å². The summed E-state index contributed by atoms with van der Waals surface area (Å²) in [4.78, 5) is 15.2. The fraction of sp³-hybridized carbons (Fsp3) is 0.192. The van der Waals surface area contributed by atoms with E-state index in [9.17, 15) is 4.79 Å². The van der Waals surface area contributed by atoms with Crippen LogP contribution in [0.5, 0.6) is 0 Å². The van der Waals surface area contributed by atoms with E-state index in [1.54, 1.807) is 23.1 Å². The number of nitrogens with one attached hydrogen (secondary N) is 1. The average Bonchev–Trinajstić information content (AvgIpc) is 3.03. The third kappa shape index (κ3) is 4.63. The van der Waals surface area contributed by atoms with Gasteiger partial charge in [-0.15, -0.1) is 0 Å². The van der Waals surface area contributed by atoms with Crippen LogP contribution in [0.2, 0.25) is 10.0 Å². The number of halogens is 2. The van der Waals surface area contributed by atoms with Crippen molar-refractivity contribution in [2.75, 3.05) is 10.2 Å². The van der Waals surface area contributed by atoms with Crippen molar-refractivity contribution in [2.24, 2.45) is 0 Å². The van der Waals surface area contributed by atoms with E-state index < -0.39 is 0 Å². The number of nitrogens with zero attached hydrogens (tertiary/aromatic N) is 1. The van der Waals surface area contributed by atoms with E-state index in [4.69, 9.17) is 23.2 Å². The average molecular weight is 451 g/mol. The second kappa shape index (κ2) is 8.41. The Morgan fingerprint density at radius 2 is 1.52 bits per heavy atom. The Labute approximate surface area is 193 Å². The van der Waals surface area contributed by atoms with Gasteiger partial charge < -0.3 is 5.32 Å². The Morgan fingerprint density at radius 3 is 2.13 bits per heavy atom. The zero-order valence-electron chi connectivity index (χ0n) is 17.7. The fourth-order valence-electron chi connectivity index (χ4n) is 3.71. The molecule has 31 heavy (non-hydrogen) atoms. The summed E-state index contributed by atoms with van der Waals surface area (Å²) in [5, 5.41) is 4.43. The summed E-state index contributed by atoms with van der Waals surface area (Å²) in [7, 11) is 0. The highest BCUT2D eigenvalue weighted by Gasteiger charge is 2.35. The molecular formula is C26H24Cl2N2O. The van der Waals surface area contributed by atoms with E-state index in [1.807, 2.05) is 36.4 Å². The van der Waals surface area contributed by atoms with Crippen molar-refractivity contribution in [3.05, 3.63) is 106 Å². The van der Waals surface area contributed by atoms with E-state index >= 15 is 0 Å². The van der Waals surface area contributed by atoms with Crippen molar-refractivity contribution in [1.82, 2.24) is 0 Å². The topological polar surface area (TPSA) is 32.3 Å². The molecule has 5 heteroatoms. The van der Waals surface area contributed by atoms with E-state index in [0.717, 1.165) is 16.9 Å². The van der Waals surface area contributed by atoms with Gasteiger partial charge in [0.15, 0.2) is 0 Å². The second-order valence-corrected chi connectivity index (χ2v) is 9.56. The molecule has 3 nitrogen and oxygen atoms in total. The van der Waals surface area contributed by atoms with Gasteiger partial charge in [0.25, 0.3) is 5.91 Å². The Morgan fingerprint density at radius 1 is 0.871 bits per heavy atom. The van der Waals surface area contributed by atoms with Gasteiger partial charge in [-0.3, -0.25) is 9.69 Å². The van der Waals surface area contributed by atoms with Crippen LogP contribution in [0.15, 0.2) is 84.6 Å². The Hall–Kier alpha value is -2.75. The highest BCUT2D eigenvalue weighted by molar-refractivity contribution is 6.31. The van der Waals surface area contributed by atoms with Gasteiger partial charge in [-0.05, 0) is 59.0 Å². The molecule has 0 aliphatic carbocycles. The van der Waals surface area contributed by atoms with Gasteiger partial charge in [0.05, 0.1) is 6.04 Å². The second-order valence-electron chi connectivity index (χ2n) is 8.69. The summed E-state index contributed by atoms with van der Waals surface area (Å²) in [5.41, 5.74) is 4.36. The minimum Gasteiger partial charge on any atom is -0.351 e. The molecule has 0 fully saturated rings. The predicted octanol–water partition coefficient (Wildman–Crippen LogP) is 7.37. The molecule has 0 bridgehead atoms. The first-order chi connectivity index (χ1) is 14.7. The molecule has 0 unspecified atom stereocenters. The molecule has 0 saturated carbocycles. The Kier molecular flexibility index (Phi) is 5.83. The molecule has 0 radical (unpaired) electrons. The number of anilines is 2. The minimum absolute atomic E-state index is 0.0613. The summed E-state index contributed by atoms with van der Waals surface area (Å²) >= 11 is 12.3. The standard InChI is InChI=1S/C26H24Cl2N2O/c1-26(2,3)18-12-10-17(11-13-18)24-16-23(29-21-8-4-6-19(27)14-21)25(31)30(24)22-9-5-7-20(28)15-22/h4-16,24,29H,1-3H3/t24-/m0/s1. The number of carbonyl (C=O) groups excluding carboxylic acids is 1. The third-order valence-corrected chi connectivity index (χ3v) is 5.83. The molecular weight excluding hydrogens is 427 g/mol. The molecule has 1 amide bonds. The minimum atomic E-state index is -0.248. The van der Waals surface area contributed by atoms with Crippen molar-refractivity contribution in [3.63, 3.8) is 0 Å². The van der Waals surface area contributed by atoms with Crippen LogP contribution in [0.4, 0.5) is 11.4 Å². The lowest BCUT2D eigenvalue weighted by Crippen LogP contribution is -2.30. The summed E-state index contributed by atoms with van der Waals surface area (Å²) in [6.07, 6.45) is 1.95. The van der Waals surface area contributed by atoms with Gasteiger partial charge in [0.2, 0.25) is 0 Å². The number of benzene rings is 3. The zero-order chi connectivity index (χ0) is 22.2. The molecule has 4 rings (SSSR count). The molecule has 0 saturated heterocycles. The van der Waals surface area contributed by atoms with Crippen LogP contribution in [0, 0.1) is 0 Å². The van der Waals surface area contributed by atoms with Gasteiger partial charge in [-0.2, -0.15) is 0 Å². The van der Waals surface area contributed by atoms with Crippen molar-refractivity contribution < 1.29 is 4.79 Å². The van der Waals surface area contributed by atoms with E-state index in [0.29, 0.717) is 15.7 Å². The van der Waals surface area contributed by atoms with Gasteiger partial charge >= 0.3 is 0 Å². The predicted molar refractivity (Wildman–Crippen MR) is 130 cm³/mol. The maximum absolute atomic E-state index is 13.4. The third-order valence-electron chi connectivity index (χ3n) is 5.36. The van der Waals surface area contributed by atoms with Crippen LogP contribution in [-0.2, 0) is 10.2 Å². The lowest BCUT2D eigenvalue weighted by Gasteiger charge is -2.26. The highest BCUT2D eigenvalue weighted by Crippen LogP contribution is 2.37. The summed E-state index contributed by atoms with van der Waals surface area (Å²) in [6, 6.07) is 22.9. The molecule has 1 aliphatic rings. The van der Waals surface area contributed by atoms with Crippen molar-refractivity contribution in [2.45, 2.75) is 32.2 Å². The molecule has 0 aromatic heterocycles. The zero-order valence-corrected chi connectivity index (χ0v) is 19.2. The lowest BCUT2D eigenvalue weighted by molar-refractivity contribution is -0.114. The first kappa shape index (κ1) is 21.5. The molecule has 158 valence electrons. The van der Waals surface area contributed by atoms with Crippen LogP contribution in [-0.4, -0.2) is 5.91 Å². The molecule has 0 spiro atoms. The first-order valence-corrected chi connectivity index (χ1v) is 10.9. The molecule has 1 N–H and O–H groups in total. The van der Waals surface area contributed by atoms with Crippen LogP contribution in [0.3, 0.4) is 0 Å². The molecule has 1 aliphatic heterocycles. The highest BCUT2D eigenvalue weighted by atomic mass is 35.5. The largest absolute Gasteiger partial charge is 0.351 e. The van der Waals surface area contributed by atoms with Crippen LogP contribution in [0.1, 0.15) is 37.9 Å². The van der Waals surface area contributed by atoms with Crippen molar-refractivity contribution >= 4 is 40.5 Å². The first-order valence-electron chi connectivity index (χ1n) is 10.2. The van der Waals surface area contributed by atoms with Gasteiger partial charge in [-0.25, -0.2) is 0 Å². The summed E-state index contributed by atoms with van der Waals surface area (Å²) < 4.78 is 0. The summed E-state index contributed by atoms with van der Waals surface area (Å²) in [5.74, 6) is -0.118. The maximum Gasteiger partial charge on any atom is 0.275 e. The number of hydrogen-bond acceptors (Lipinski definition) is 2. The lowest BCUT2D eigenvalue weighted by atomic mass is 9.86. The smallest absolute Gasteiger partial charge is 0.275 e. The van der Waals surface area contributed by atoms with E-state index in [1.165, 1.54) is 5.56 Å². The molecule has 1 heterocycles. The van der Waals surface area contributed by atoms with Crippen LogP contribution in [0.25, 0.3) is 0 Å². The van der Waals surface area contributed by atoms with Crippen molar-refractivity contribution in [1.29, 1.82) is 0 Å². The van der Waals surface area contributed by atoms with Gasteiger partial charge in [0.1, 0.15) is 5.70 Å². The molecule has 3 aromatic carbocycles. The Bertz CT molecular complexity index is 1150. The van der Waals surface area contributed by atoms with Crippen LogP contribution < -0.4 is 10.2 Å². The van der Waals surface area contributed by atoms with Crippen LogP contribution >= 0.6 is 23.2 Å². The fourth-order valence-corrected chi connectivity index (χ4v) is 4.08. The number of rotatable bonds is 4. The normalized spacial score (nSPS) is 16.4. The van der Waals surface area contributed by atoms with E-state index in [2.05, 4.69) is 50.4 Å². The van der Waals surface area contributed by atoms with Gasteiger partial charge in [-0.1, -0.05) is 80.4 Å². The quantitative estimate of drug-likeness (QED) is 0.449. The molecule has 1 atom stereocenters.